The van der Waals surface area contributed by atoms with E-state index in [0.29, 0.717) is 12.3 Å². The van der Waals surface area contributed by atoms with Gasteiger partial charge in [0.05, 0.1) is 19.4 Å². The first-order chi connectivity index (χ1) is 9.69. The molecule has 0 rings (SSSR count). The second-order valence-corrected chi connectivity index (χ2v) is 4.74. The second kappa shape index (κ2) is 9.57. The van der Waals surface area contributed by atoms with Crippen molar-refractivity contribution < 1.29 is 36.6 Å². The highest BCUT2D eigenvalue weighted by atomic mass is 19.3. The summed E-state index contributed by atoms with van der Waals surface area (Å²) in [6, 6.07) is 0. The lowest BCUT2D eigenvalue weighted by molar-refractivity contribution is -0.180. The smallest absolute Gasteiger partial charge is 0.340 e. The summed E-state index contributed by atoms with van der Waals surface area (Å²) in [5, 5.41) is 0. The zero-order valence-corrected chi connectivity index (χ0v) is 12.0. The summed E-state index contributed by atoms with van der Waals surface area (Å²) in [4.78, 5) is 22.3. The molecule has 0 aliphatic rings. The summed E-state index contributed by atoms with van der Waals surface area (Å²) >= 11 is 0. The summed E-state index contributed by atoms with van der Waals surface area (Å²) in [6.07, 6.45) is -3.09. The van der Waals surface area contributed by atoms with Gasteiger partial charge in [-0.05, 0) is 12.3 Å². The van der Waals surface area contributed by atoms with Gasteiger partial charge in [-0.1, -0.05) is 20.3 Å². The fourth-order valence-electron chi connectivity index (χ4n) is 1.17. The fourth-order valence-corrected chi connectivity index (χ4v) is 1.17. The van der Waals surface area contributed by atoms with Crippen molar-refractivity contribution in [3.63, 3.8) is 0 Å². The molecule has 0 aromatic carbocycles. The Kier molecular flexibility index (Phi) is 8.96. The van der Waals surface area contributed by atoms with E-state index >= 15 is 0 Å². The Morgan fingerprint density at radius 2 is 1.62 bits per heavy atom. The zero-order valence-electron chi connectivity index (χ0n) is 12.0. The third-order valence-corrected chi connectivity index (χ3v) is 2.85. The first kappa shape index (κ1) is 19.7. The fraction of sp³-hybridized carbons (Fsp3) is 0.846. The minimum atomic E-state index is -4.38. The van der Waals surface area contributed by atoms with Gasteiger partial charge in [0.2, 0.25) is 0 Å². The number of rotatable bonds is 10. The number of carbonyl (C=O) groups is 2. The van der Waals surface area contributed by atoms with Crippen LogP contribution in [0, 0.1) is 5.92 Å². The first-order valence-corrected chi connectivity index (χ1v) is 6.66. The van der Waals surface area contributed by atoms with Gasteiger partial charge in [0.1, 0.15) is 0 Å². The first-order valence-electron chi connectivity index (χ1n) is 6.66. The lowest BCUT2D eigenvalue weighted by Crippen LogP contribution is -2.33. The highest BCUT2D eigenvalue weighted by molar-refractivity contribution is 5.77. The van der Waals surface area contributed by atoms with Crippen molar-refractivity contribution in [2.75, 3.05) is 13.2 Å². The zero-order chi connectivity index (χ0) is 16.5. The van der Waals surface area contributed by atoms with E-state index in [1.165, 1.54) is 0 Å². The molecule has 8 heteroatoms. The predicted octanol–water partition coefficient (Wildman–Crippen LogP) is 3.19. The maximum atomic E-state index is 12.5. The van der Waals surface area contributed by atoms with Crippen LogP contribution in [0.4, 0.5) is 17.6 Å². The normalized spacial score (nSPS) is 13.1. The monoisotopic (exact) mass is 316 g/mol. The van der Waals surface area contributed by atoms with Gasteiger partial charge in [-0.2, -0.15) is 8.78 Å². The van der Waals surface area contributed by atoms with E-state index in [1.54, 1.807) is 0 Å². The molecule has 0 fully saturated rings. The van der Waals surface area contributed by atoms with Crippen LogP contribution in [0.2, 0.25) is 0 Å². The van der Waals surface area contributed by atoms with Crippen LogP contribution in [0.5, 0.6) is 0 Å². The van der Waals surface area contributed by atoms with Crippen LogP contribution >= 0.6 is 0 Å². The molecular formula is C13H20F4O4. The van der Waals surface area contributed by atoms with Gasteiger partial charge in [-0.3, -0.25) is 9.59 Å². The van der Waals surface area contributed by atoms with Gasteiger partial charge in [0.15, 0.2) is 6.61 Å². The van der Waals surface area contributed by atoms with Gasteiger partial charge in [0, 0.05) is 0 Å². The Morgan fingerprint density at radius 1 is 1.10 bits per heavy atom. The molecule has 124 valence electrons. The van der Waals surface area contributed by atoms with Crippen molar-refractivity contribution in [3.8, 4) is 0 Å². The van der Waals surface area contributed by atoms with Crippen LogP contribution in [0.3, 0.4) is 0 Å². The molecule has 0 radical (unpaired) electrons. The van der Waals surface area contributed by atoms with Crippen LogP contribution in [0.15, 0.2) is 0 Å². The lowest BCUT2D eigenvalue weighted by Gasteiger charge is -2.14. The number of alkyl halides is 4. The maximum Gasteiger partial charge on any atom is 0.340 e. The van der Waals surface area contributed by atoms with Crippen molar-refractivity contribution in [2.24, 2.45) is 5.92 Å². The molecule has 0 N–H and O–H groups in total. The van der Waals surface area contributed by atoms with Crippen LogP contribution in [0.25, 0.3) is 0 Å². The highest BCUT2D eigenvalue weighted by Gasteiger charge is 2.42. The van der Waals surface area contributed by atoms with E-state index in [4.69, 9.17) is 4.74 Å². The number of esters is 2. The van der Waals surface area contributed by atoms with Gasteiger partial charge in [-0.15, -0.1) is 0 Å². The average molecular weight is 316 g/mol. The van der Waals surface area contributed by atoms with Gasteiger partial charge < -0.3 is 9.47 Å². The molecular weight excluding hydrogens is 296 g/mol. The van der Waals surface area contributed by atoms with E-state index in [2.05, 4.69) is 4.74 Å². The molecule has 0 aromatic heterocycles. The number of ether oxygens (including phenoxy) is 2. The van der Waals surface area contributed by atoms with Crippen molar-refractivity contribution >= 4 is 11.9 Å². The quantitative estimate of drug-likeness (QED) is 0.459. The maximum absolute atomic E-state index is 12.5. The second-order valence-electron chi connectivity index (χ2n) is 4.74. The minimum absolute atomic E-state index is 0.215. The number of hydrogen-bond acceptors (Lipinski definition) is 4. The van der Waals surface area contributed by atoms with E-state index in [1.807, 2.05) is 13.8 Å². The molecule has 0 aliphatic carbocycles. The number of halogens is 4. The molecule has 0 amide bonds. The molecule has 0 heterocycles. The van der Waals surface area contributed by atoms with E-state index in [-0.39, 0.29) is 13.0 Å². The SMILES string of the molecule is CCC(C)CCOC(=O)CCC(=O)OCC(F)(F)C(F)F. The molecule has 0 bridgehead atoms. The van der Waals surface area contributed by atoms with Crippen LogP contribution in [0.1, 0.15) is 39.5 Å². The summed E-state index contributed by atoms with van der Waals surface area (Å²) in [5.74, 6) is -5.78. The van der Waals surface area contributed by atoms with Gasteiger partial charge in [-0.25, -0.2) is 8.78 Å². The van der Waals surface area contributed by atoms with Gasteiger partial charge in [0.25, 0.3) is 0 Å². The van der Waals surface area contributed by atoms with E-state index in [9.17, 15) is 27.2 Å². The topological polar surface area (TPSA) is 52.6 Å². The summed E-state index contributed by atoms with van der Waals surface area (Å²) in [7, 11) is 0. The summed E-state index contributed by atoms with van der Waals surface area (Å²) < 4.78 is 57.4. The molecule has 0 aliphatic heterocycles. The molecule has 1 unspecified atom stereocenters. The van der Waals surface area contributed by atoms with Crippen molar-refractivity contribution in [1.82, 2.24) is 0 Å². The predicted molar refractivity (Wildman–Crippen MR) is 66.2 cm³/mol. The molecule has 4 nitrogen and oxygen atoms in total. The highest BCUT2D eigenvalue weighted by Crippen LogP contribution is 2.23. The largest absolute Gasteiger partial charge is 0.466 e. The molecule has 0 aromatic rings. The molecule has 0 spiro atoms. The standard InChI is InChI=1S/C13H20F4O4/c1-3-9(2)6-7-20-10(18)4-5-11(19)21-8-13(16,17)12(14)15/h9,12H,3-8H2,1-2H3. The van der Waals surface area contributed by atoms with Crippen LogP contribution < -0.4 is 0 Å². The molecule has 0 saturated carbocycles. The van der Waals surface area contributed by atoms with Crippen molar-refractivity contribution in [3.05, 3.63) is 0 Å². The molecule has 0 saturated heterocycles. The van der Waals surface area contributed by atoms with Crippen molar-refractivity contribution in [2.45, 2.75) is 51.9 Å². The van der Waals surface area contributed by atoms with E-state index < -0.39 is 37.3 Å². The Bertz CT molecular complexity index is 334. The summed E-state index contributed by atoms with van der Waals surface area (Å²) in [6.45, 7) is 2.50. The third-order valence-electron chi connectivity index (χ3n) is 2.85. The third kappa shape index (κ3) is 9.25. The summed E-state index contributed by atoms with van der Waals surface area (Å²) in [5.41, 5.74) is 0. The van der Waals surface area contributed by atoms with Gasteiger partial charge >= 0.3 is 24.3 Å². The number of hydrogen-bond donors (Lipinski definition) is 0. The van der Waals surface area contributed by atoms with Crippen LogP contribution in [-0.4, -0.2) is 37.5 Å². The Morgan fingerprint density at radius 3 is 2.10 bits per heavy atom. The Labute approximate surface area is 120 Å². The molecule has 21 heavy (non-hydrogen) atoms. The minimum Gasteiger partial charge on any atom is -0.466 e. The molecule has 1 atom stereocenters. The lowest BCUT2D eigenvalue weighted by atomic mass is 10.1. The average Bonchev–Trinajstić information content (AvgIpc) is 2.42. The van der Waals surface area contributed by atoms with E-state index in [0.717, 1.165) is 6.42 Å². The Hall–Kier alpha value is -1.34. The number of carbonyl (C=O) groups excluding carboxylic acids is 2. The Balaban J connectivity index is 3.81. The van der Waals surface area contributed by atoms with Crippen molar-refractivity contribution in [1.29, 1.82) is 0 Å². The van der Waals surface area contributed by atoms with Crippen LogP contribution in [-0.2, 0) is 19.1 Å².